The average Bonchev–Trinajstić information content (AvgIpc) is 3.47. The Labute approximate surface area is 159 Å². The highest BCUT2D eigenvalue weighted by atomic mass is 31.2. The molecule has 0 unspecified atom stereocenters. The Bertz CT molecular complexity index is 894. The largest absolute Gasteiger partial charge is 0.362 e. The zero-order chi connectivity index (χ0) is 18.9. The molecule has 4 rings (SSSR count). The molecule has 0 amide bonds. The van der Waals surface area contributed by atoms with Gasteiger partial charge in [-0.2, -0.15) is 0 Å². The van der Waals surface area contributed by atoms with Gasteiger partial charge in [0.2, 0.25) is 0 Å². The first kappa shape index (κ1) is 18.0. The van der Waals surface area contributed by atoms with Gasteiger partial charge >= 0.3 is 7.60 Å². The number of anilines is 1. The van der Waals surface area contributed by atoms with Crippen molar-refractivity contribution in [3.05, 3.63) is 102 Å². The van der Waals surface area contributed by atoms with Crippen LogP contribution in [0.3, 0.4) is 0 Å². The third-order valence-corrected chi connectivity index (χ3v) is 7.70. The van der Waals surface area contributed by atoms with Crippen LogP contribution in [0.4, 0.5) is 5.69 Å². The molecule has 0 aromatic heterocycles. The lowest BCUT2D eigenvalue weighted by Gasteiger charge is -2.26. The van der Waals surface area contributed by atoms with Crippen LogP contribution >= 0.6 is 7.60 Å². The van der Waals surface area contributed by atoms with Gasteiger partial charge in [-0.15, -0.1) is 0 Å². The third-order valence-electron chi connectivity index (χ3n) is 5.19. The molecule has 1 fully saturated rings. The summed E-state index contributed by atoms with van der Waals surface area (Å²) in [5.41, 5.74) is 2.96. The minimum atomic E-state index is -3.51. The van der Waals surface area contributed by atoms with Gasteiger partial charge in [-0.25, -0.2) is 0 Å². The number of para-hydroxylation sites is 1. The molecule has 0 aliphatic carbocycles. The summed E-state index contributed by atoms with van der Waals surface area (Å²) in [5.74, 6) is 0. The summed E-state index contributed by atoms with van der Waals surface area (Å²) in [6, 6.07) is 29.8. The molecule has 0 bridgehead atoms. The molecular formula is C22H22NO3P. The predicted molar refractivity (Wildman–Crippen MR) is 108 cm³/mol. The van der Waals surface area contributed by atoms with Crippen LogP contribution in [0.2, 0.25) is 0 Å². The Morgan fingerprint density at radius 3 is 1.78 bits per heavy atom. The van der Waals surface area contributed by atoms with E-state index in [0.29, 0.717) is 0 Å². The van der Waals surface area contributed by atoms with Gasteiger partial charge in [0.25, 0.3) is 0 Å². The zero-order valence-electron chi connectivity index (χ0n) is 15.4. The monoisotopic (exact) mass is 379 g/mol. The minimum Gasteiger partial charge on any atom is -0.339 e. The number of rotatable bonds is 6. The highest BCUT2D eigenvalue weighted by molar-refractivity contribution is 7.55. The summed E-state index contributed by atoms with van der Waals surface area (Å²) in [5, 5.41) is -0.916. The molecule has 2 atom stereocenters. The first-order chi connectivity index (χ1) is 13.2. The van der Waals surface area contributed by atoms with E-state index in [1.54, 1.807) is 0 Å². The quantitative estimate of drug-likeness (QED) is 0.414. The fourth-order valence-corrected chi connectivity index (χ4v) is 6.18. The van der Waals surface area contributed by atoms with E-state index in [1.807, 2.05) is 78.9 Å². The molecule has 1 heterocycles. The number of benzene rings is 3. The second-order valence-corrected chi connectivity index (χ2v) is 8.88. The van der Waals surface area contributed by atoms with Gasteiger partial charge in [0.05, 0.1) is 6.04 Å². The van der Waals surface area contributed by atoms with Crippen molar-refractivity contribution in [2.45, 2.75) is 11.3 Å². The average molecular weight is 379 g/mol. The van der Waals surface area contributed by atoms with Gasteiger partial charge in [0.15, 0.2) is 5.28 Å². The Balaban J connectivity index is 1.99. The first-order valence-electron chi connectivity index (χ1n) is 8.85. The molecule has 3 aromatic rings. The van der Waals surface area contributed by atoms with Crippen LogP contribution < -0.4 is 4.90 Å². The van der Waals surface area contributed by atoms with E-state index in [0.717, 1.165) is 16.8 Å². The zero-order valence-corrected chi connectivity index (χ0v) is 16.3. The maximum absolute atomic E-state index is 13.9. The molecule has 1 aliphatic rings. The predicted octanol–water partition coefficient (Wildman–Crippen LogP) is 5.59. The van der Waals surface area contributed by atoms with Crippen LogP contribution in [0.5, 0.6) is 0 Å². The van der Waals surface area contributed by atoms with E-state index in [2.05, 4.69) is 17.0 Å². The molecule has 0 spiro atoms. The molecule has 1 aliphatic heterocycles. The van der Waals surface area contributed by atoms with Crippen LogP contribution in [0.15, 0.2) is 91.0 Å². The van der Waals surface area contributed by atoms with E-state index < -0.39 is 12.9 Å². The molecule has 0 saturated carbocycles. The van der Waals surface area contributed by atoms with Crippen molar-refractivity contribution in [1.82, 2.24) is 0 Å². The highest BCUT2D eigenvalue weighted by Crippen LogP contribution is 2.81. The Kier molecular flexibility index (Phi) is 4.65. The van der Waals surface area contributed by atoms with Gasteiger partial charge in [-0.3, -0.25) is 4.57 Å². The molecular weight excluding hydrogens is 357 g/mol. The smallest absolute Gasteiger partial charge is 0.339 e. The maximum atomic E-state index is 13.9. The van der Waals surface area contributed by atoms with Crippen LogP contribution in [-0.2, 0) is 18.9 Å². The standard InChI is InChI=1S/C22H22NO3P/c1-25-27(24,26-2)22(19-14-8-4-9-15-19)21(18-12-6-3-7-13-18)23(22)20-16-10-5-11-17-20/h3-17,21H,1-2H3/t21-,22+,23?/m1/s1. The van der Waals surface area contributed by atoms with E-state index in [1.165, 1.54) is 14.2 Å². The lowest BCUT2D eigenvalue weighted by Crippen LogP contribution is -2.19. The molecule has 138 valence electrons. The number of nitrogens with zero attached hydrogens (tertiary/aromatic N) is 1. The Morgan fingerprint density at radius 2 is 1.26 bits per heavy atom. The SMILES string of the molecule is COP(=O)(OC)[C@@]1(c2ccccc2)[C@@H](c2ccccc2)N1c1ccccc1. The van der Waals surface area contributed by atoms with Crippen molar-refractivity contribution < 1.29 is 13.6 Å². The van der Waals surface area contributed by atoms with Crippen molar-refractivity contribution in [2.75, 3.05) is 19.1 Å². The van der Waals surface area contributed by atoms with Gasteiger partial charge in [0.1, 0.15) is 0 Å². The fourth-order valence-electron chi connectivity index (χ4n) is 4.01. The maximum Gasteiger partial charge on any atom is 0.362 e. The third kappa shape index (κ3) is 2.64. The Hall–Kier alpha value is -2.39. The van der Waals surface area contributed by atoms with Crippen molar-refractivity contribution >= 4 is 13.3 Å². The number of hydrogen-bond acceptors (Lipinski definition) is 4. The minimum absolute atomic E-state index is 0.158. The first-order valence-corrected chi connectivity index (χ1v) is 10.4. The van der Waals surface area contributed by atoms with Crippen molar-refractivity contribution in [1.29, 1.82) is 0 Å². The molecule has 4 nitrogen and oxygen atoms in total. The molecule has 0 radical (unpaired) electrons. The summed E-state index contributed by atoms with van der Waals surface area (Å²) in [7, 11) is -0.598. The molecule has 27 heavy (non-hydrogen) atoms. The van der Waals surface area contributed by atoms with Gasteiger partial charge < -0.3 is 13.9 Å². The summed E-state index contributed by atoms with van der Waals surface area (Å²) in [6.07, 6.45) is 0. The van der Waals surface area contributed by atoms with Gasteiger partial charge in [-0.05, 0) is 23.3 Å². The van der Waals surface area contributed by atoms with Crippen LogP contribution in [0.1, 0.15) is 17.2 Å². The van der Waals surface area contributed by atoms with Crippen LogP contribution in [0, 0.1) is 0 Å². The van der Waals surface area contributed by atoms with Crippen LogP contribution in [-0.4, -0.2) is 14.2 Å². The molecule has 5 heteroatoms. The van der Waals surface area contributed by atoms with Crippen molar-refractivity contribution in [3.8, 4) is 0 Å². The van der Waals surface area contributed by atoms with E-state index in [4.69, 9.17) is 9.05 Å². The van der Waals surface area contributed by atoms with Crippen molar-refractivity contribution in [2.24, 2.45) is 0 Å². The Morgan fingerprint density at radius 1 is 0.778 bits per heavy atom. The number of hydrogen-bond donors (Lipinski definition) is 0. The summed E-state index contributed by atoms with van der Waals surface area (Å²) in [6.45, 7) is 0. The topological polar surface area (TPSA) is 38.5 Å². The second kappa shape index (κ2) is 6.97. The van der Waals surface area contributed by atoms with E-state index >= 15 is 0 Å². The fraction of sp³-hybridized carbons (Fsp3) is 0.182. The summed E-state index contributed by atoms with van der Waals surface area (Å²) >= 11 is 0. The molecule has 1 saturated heterocycles. The van der Waals surface area contributed by atoms with Gasteiger partial charge in [0, 0.05) is 19.9 Å². The molecule has 0 N–H and O–H groups in total. The highest BCUT2D eigenvalue weighted by Gasteiger charge is 2.76. The lowest BCUT2D eigenvalue weighted by molar-refractivity contribution is 0.261. The normalized spacial score (nSPS) is 21.9. The lowest BCUT2D eigenvalue weighted by atomic mass is 10.0. The summed E-state index contributed by atoms with van der Waals surface area (Å²) < 4.78 is 25.0. The van der Waals surface area contributed by atoms with E-state index in [9.17, 15) is 4.57 Å². The molecule has 3 aromatic carbocycles. The van der Waals surface area contributed by atoms with Gasteiger partial charge in [-0.1, -0.05) is 78.9 Å². The summed E-state index contributed by atoms with van der Waals surface area (Å²) in [4.78, 5) is 2.14. The second-order valence-electron chi connectivity index (χ2n) is 6.47. The van der Waals surface area contributed by atoms with E-state index in [-0.39, 0.29) is 6.04 Å². The van der Waals surface area contributed by atoms with Crippen molar-refractivity contribution in [3.63, 3.8) is 0 Å². The van der Waals surface area contributed by atoms with Crippen LogP contribution in [0.25, 0.3) is 0 Å².